The number of fused-ring (bicyclic) bond motifs is 2. The second kappa shape index (κ2) is 5.49. The molecule has 0 saturated carbocycles. The van der Waals surface area contributed by atoms with Gasteiger partial charge in [-0.25, -0.2) is 4.98 Å². The van der Waals surface area contributed by atoms with E-state index in [0.717, 1.165) is 21.9 Å². The monoisotopic (exact) mass is 317 g/mol. The van der Waals surface area contributed by atoms with Crippen LogP contribution in [-0.4, -0.2) is 16.1 Å². The number of carboxylic acids is 1. The second-order valence-electron chi connectivity index (χ2n) is 5.83. The van der Waals surface area contributed by atoms with Crippen molar-refractivity contribution in [3.63, 3.8) is 0 Å². The van der Waals surface area contributed by atoms with E-state index in [2.05, 4.69) is 4.98 Å². The summed E-state index contributed by atoms with van der Waals surface area (Å²) < 4.78 is 5.93. The Balaban J connectivity index is 1.87. The van der Waals surface area contributed by atoms with Gasteiger partial charge in [0.1, 0.15) is 5.52 Å². The molecule has 0 saturated heterocycles. The number of aliphatic carboxylic acids is 1. The molecule has 1 heterocycles. The summed E-state index contributed by atoms with van der Waals surface area (Å²) in [6.07, 6.45) is 0. The van der Waals surface area contributed by atoms with Gasteiger partial charge in [-0.05, 0) is 41.5 Å². The van der Waals surface area contributed by atoms with Crippen LogP contribution in [0.25, 0.3) is 33.3 Å². The molecule has 0 bridgehead atoms. The molecule has 4 heteroatoms. The summed E-state index contributed by atoms with van der Waals surface area (Å²) in [4.78, 5) is 15.7. The number of carboxylic acid groups (broad SMARTS) is 1. The molecule has 0 aliphatic heterocycles. The highest BCUT2D eigenvalue weighted by molar-refractivity contribution is 5.95. The van der Waals surface area contributed by atoms with Gasteiger partial charge in [0.05, 0.1) is 5.92 Å². The summed E-state index contributed by atoms with van der Waals surface area (Å²) in [5, 5.41) is 11.4. The third kappa shape index (κ3) is 2.33. The molecule has 4 nitrogen and oxygen atoms in total. The molecule has 0 radical (unpaired) electrons. The van der Waals surface area contributed by atoms with Crippen LogP contribution in [0.5, 0.6) is 0 Å². The van der Waals surface area contributed by atoms with E-state index in [-0.39, 0.29) is 0 Å². The molecule has 0 amide bonds. The van der Waals surface area contributed by atoms with Crippen LogP contribution in [0.2, 0.25) is 0 Å². The molecular formula is C20H15NO3. The quantitative estimate of drug-likeness (QED) is 0.587. The summed E-state index contributed by atoms with van der Waals surface area (Å²) in [5.74, 6) is -0.898. The zero-order chi connectivity index (χ0) is 16.7. The number of benzene rings is 3. The normalized spacial score (nSPS) is 12.5. The Labute approximate surface area is 138 Å². The third-order valence-corrected chi connectivity index (χ3v) is 4.30. The van der Waals surface area contributed by atoms with Gasteiger partial charge in [0.15, 0.2) is 5.58 Å². The van der Waals surface area contributed by atoms with E-state index in [1.54, 1.807) is 19.1 Å². The Kier molecular flexibility index (Phi) is 3.31. The summed E-state index contributed by atoms with van der Waals surface area (Å²) in [5.41, 5.74) is 2.95. The van der Waals surface area contributed by atoms with Gasteiger partial charge in [-0.1, -0.05) is 42.5 Å². The highest BCUT2D eigenvalue weighted by Crippen LogP contribution is 2.31. The van der Waals surface area contributed by atoms with Crippen molar-refractivity contribution in [2.75, 3.05) is 0 Å². The standard InChI is InChI=1S/C20H15NO3/c1-12(20(22)23)14-9-10-17-18(11-14)24-19(21-17)16-8-4-6-13-5-2-3-7-15(13)16/h2-12H,1H3,(H,22,23). The molecule has 118 valence electrons. The van der Waals surface area contributed by atoms with Crippen LogP contribution in [0.4, 0.5) is 0 Å². The number of carbonyl (C=O) groups is 1. The van der Waals surface area contributed by atoms with E-state index in [9.17, 15) is 4.79 Å². The number of rotatable bonds is 3. The van der Waals surface area contributed by atoms with E-state index >= 15 is 0 Å². The third-order valence-electron chi connectivity index (χ3n) is 4.30. The van der Waals surface area contributed by atoms with Crippen LogP contribution in [0.1, 0.15) is 18.4 Å². The first kappa shape index (κ1) is 14.5. The van der Waals surface area contributed by atoms with Gasteiger partial charge >= 0.3 is 5.97 Å². The van der Waals surface area contributed by atoms with Crippen LogP contribution < -0.4 is 0 Å². The van der Waals surface area contributed by atoms with E-state index < -0.39 is 11.9 Å². The van der Waals surface area contributed by atoms with E-state index in [0.29, 0.717) is 17.0 Å². The Morgan fingerprint density at radius 3 is 2.71 bits per heavy atom. The lowest BCUT2D eigenvalue weighted by Crippen LogP contribution is -2.06. The maximum atomic E-state index is 11.2. The predicted molar refractivity (Wildman–Crippen MR) is 93.0 cm³/mol. The Bertz CT molecular complexity index is 1060. The average Bonchev–Trinajstić information content (AvgIpc) is 3.03. The van der Waals surface area contributed by atoms with Crippen LogP contribution in [-0.2, 0) is 4.79 Å². The van der Waals surface area contributed by atoms with Gasteiger partial charge in [-0.2, -0.15) is 0 Å². The fourth-order valence-corrected chi connectivity index (χ4v) is 2.88. The molecule has 24 heavy (non-hydrogen) atoms. The van der Waals surface area contributed by atoms with Crippen LogP contribution in [0.3, 0.4) is 0 Å². The Hall–Kier alpha value is -3.14. The number of hydrogen-bond acceptors (Lipinski definition) is 3. The zero-order valence-electron chi connectivity index (χ0n) is 13.1. The second-order valence-corrected chi connectivity index (χ2v) is 5.83. The van der Waals surface area contributed by atoms with E-state index in [4.69, 9.17) is 9.52 Å². The number of hydrogen-bond donors (Lipinski definition) is 1. The summed E-state index contributed by atoms with van der Waals surface area (Å²) in [6, 6.07) is 19.4. The lowest BCUT2D eigenvalue weighted by atomic mass is 10.0. The summed E-state index contributed by atoms with van der Waals surface area (Å²) >= 11 is 0. The molecule has 1 N–H and O–H groups in total. The van der Waals surface area contributed by atoms with E-state index in [1.807, 2.05) is 48.5 Å². The first-order chi connectivity index (χ1) is 11.6. The number of oxazole rings is 1. The fourth-order valence-electron chi connectivity index (χ4n) is 2.88. The van der Waals surface area contributed by atoms with Crippen molar-refractivity contribution in [2.45, 2.75) is 12.8 Å². The topological polar surface area (TPSA) is 63.3 Å². The Morgan fingerprint density at radius 1 is 1.08 bits per heavy atom. The molecule has 4 aromatic rings. The van der Waals surface area contributed by atoms with Crippen molar-refractivity contribution in [1.29, 1.82) is 0 Å². The van der Waals surface area contributed by atoms with Gasteiger partial charge < -0.3 is 9.52 Å². The van der Waals surface area contributed by atoms with Gasteiger partial charge in [-0.15, -0.1) is 0 Å². The van der Waals surface area contributed by atoms with E-state index in [1.165, 1.54) is 0 Å². The molecule has 0 fully saturated rings. The van der Waals surface area contributed by atoms with Crippen molar-refractivity contribution < 1.29 is 14.3 Å². The molecule has 4 rings (SSSR count). The molecule has 1 atom stereocenters. The molecule has 0 aliphatic carbocycles. The van der Waals surface area contributed by atoms with Gasteiger partial charge in [0, 0.05) is 5.56 Å². The molecule has 3 aromatic carbocycles. The lowest BCUT2D eigenvalue weighted by Gasteiger charge is -2.04. The minimum Gasteiger partial charge on any atom is -0.481 e. The number of nitrogens with zero attached hydrogens (tertiary/aromatic N) is 1. The molecule has 1 unspecified atom stereocenters. The predicted octanol–water partition coefficient (Wildman–Crippen LogP) is 4.84. The van der Waals surface area contributed by atoms with Gasteiger partial charge in [-0.3, -0.25) is 4.79 Å². The number of aromatic nitrogens is 1. The smallest absolute Gasteiger partial charge is 0.310 e. The largest absolute Gasteiger partial charge is 0.481 e. The van der Waals surface area contributed by atoms with Crippen molar-refractivity contribution in [3.8, 4) is 11.5 Å². The lowest BCUT2D eigenvalue weighted by molar-refractivity contribution is -0.138. The Morgan fingerprint density at radius 2 is 1.88 bits per heavy atom. The first-order valence-corrected chi connectivity index (χ1v) is 7.75. The van der Waals surface area contributed by atoms with Crippen molar-refractivity contribution in [3.05, 3.63) is 66.2 Å². The maximum absolute atomic E-state index is 11.2. The van der Waals surface area contributed by atoms with Crippen LogP contribution >= 0.6 is 0 Å². The maximum Gasteiger partial charge on any atom is 0.310 e. The van der Waals surface area contributed by atoms with Gasteiger partial charge in [0.25, 0.3) is 0 Å². The minimum absolute atomic E-state index is 0.543. The van der Waals surface area contributed by atoms with Crippen molar-refractivity contribution >= 4 is 27.8 Å². The minimum atomic E-state index is -0.858. The highest BCUT2D eigenvalue weighted by atomic mass is 16.4. The van der Waals surface area contributed by atoms with Crippen molar-refractivity contribution in [2.24, 2.45) is 0 Å². The first-order valence-electron chi connectivity index (χ1n) is 7.75. The molecule has 1 aromatic heterocycles. The van der Waals surface area contributed by atoms with Crippen LogP contribution in [0.15, 0.2) is 65.1 Å². The summed E-state index contributed by atoms with van der Waals surface area (Å²) in [6.45, 7) is 1.66. The fraction of sp³-hybridized carbons (Fsp3) is 0.100. The van der Waals surface area contributed by atoms with Crippen LogP contribution in [0, 0.1) is 0 Å². The highest BCUT2D eigenvalue weighted by Gasteiger charge is 2.16. The van der Waals surface area contributed by atoms with Crippen molar-refractivity contribution in [1.82, 2.24) is 4.98 Å². The molecule has 0 spiro atoms. The SMILES string of the molecule is CC(C(=O)O)c1ccc2nc(-c3cccc4ccccc34)oc2c1. The molecular weight excluding hydrogens is 302 g/mol. The zero-order valence-corrected chi connectivity index (χ0v) is 13.1. The molecule has 0 aliphatic rings. The summed E-state index contributed by atoms with van der Waals surface area (Å²) in [7, 11) is 0. The average molecular weight is 317 g/mol. The van der Waals surface area contributed by atoms with Gasteiger partial charge in [0.2, 0.25) is 5.89 Å².